The van der Waals surface area contributed by atoms with Crippen LogP contribution in [0, 0.1) is 0 Å². The summed E-state index contributed by atoms with van der Waals surface area (Å²) in [4.78, 5) is 24.4. The van der Waals surface area contributed by atoms with Gasteiger partial charge in [-0.15, -0.1) is 0 Å². The molecule has 2 N–H and O–H groups in total. The van der Waals surface area contributed by atoms with Gasteiger partial charge in [0, 0.05) is 41.2 Å². The minimum atomic E-state index is 0.0323. The van der Waals surface area contributed by atoms with Crippen molar-refractivity contribution >= 4 is 45.5 Å². The van der Waals surface area contributed by atoms with Gasteiger partial charge in [-0.05, 0) is 50.5 Å². The van der Waals surface area contributed by atoms with Crippen LogP contribution in [0.5, 0.6) is 5.88 Å². The average molecular weight is 489 g/mol. The van der Waals surface area contributed by atoms with Crippen LogP contribution in [0.3, 0.4) is 0 Å². The number of benzene rings is 3. The monoisotopic (exact) mass is 488 g/mol. The Labute approximate surface area is 210 Å². The molecule has 0 radical (unpaired) electrons. The molecule has 180 valence electrons. The number of hydrogen-bond donors (Lipinski definition) is 2. The number of aromatic nitrogens is 1. The van der Waals surface area contributed by atoms with E-state index in [0.29, 0.717) is 35.0 Å². The highest BCUT2D eigenvalue weighted by Gasteiger charge is 2.19. The van der Waals surface area contributed by atoms with Crippen LogP contribution in [0.2, 0.25) is 5.02 Å². The van der Waals surface area contributed by atoms with Crippen molar-refractivity contribution in [2.45, 2.75) is 13.3 Å². The number of fused-ring (bicyclic) bond motifs is 1. The Balaban J connectivity index is 1.77. The molecule has 6 nitrogen and oxygen atoms in total. The quantitative estimate of drug-likeness (QED) is 0.299. The second kappa shape index (κ2) is 10.8. The van der Waals surface area contributed by atoms with Crippen molar-refractivity contribution in [2.75, 3.05) is 32.1 Å². The number of amides is 1. The molecular weight excluding hydrogens is 460 g/mol. The van der Waals surface area contributed by atoms with Gasteiger partial charge in [0.15, 0.2) is 5.88 Å². The van der Waals surface area contributed by atoms with Gasteiger partial charge in [-0.3, -0.25) is 4.79 Å². The zero-order valence-electron chi connectivity index (χ0n) is 20.1. The van der Waals surface area contributed by atoms with Crippen molar-refractivity contribution in [3.63, 3.8) is 0 Å². The summed E-state index contributed by atoms with van der Waals surface area (Å²) in [7, 11) is 3.98. The summed E-state index contributed by atoms with van der Waals surface area (Å²) in [6, 6.07) is 22.8. The number of aliphatic imine (C=N–C) groups is 1. The summed E-state index contributed by atoms with van der Waals surface area (Å²) in [6.45, 7) is 3.26. The largest absolute Gasteiger partial charge is 0.494 e. The summed E-state index contributed by atoms with van der Waals surface area (Å²) in [6.07, 6.45) is 0.440. The van der Waals surface area contributed by atoms with Gasteiger partial charge in [0.2, 0.25) is 5.91 Å². The first-order valence-electron chi connectivity index (χ1n) is 11.6. The van der Waals surface area contributed by atoms with E-state index in [1.54, 1.807) is 17.0 Å². The number of carbonyl (C=O) groups is 1. The first-order valence-corrected chi connectivity index (χ1v) is 11.9. The van der Waals surface area contributed by atoms with Gasteiger partial charge in [-0.25, -0.2) is 4.99 Å². The molecule has 4 rings (SSSR count). The Bertz CT molecular complexity index is 1340. The molecular formula is C28H29ClN4O2. The lowest BCUT2D eigenvalue weighted by Crippen LogP contribution is -2.36. The molecule has 4 aromatic rings. The van der Waals surface area contributed by atoms with E-state index >= 15 is 0 Å². The van der Waals surface area contributed by atoms with Gasteiger partial charge in [0.05, 0.1) is 22.5 Å². The van der Waals surface area contributed by atoms with E-state index in [-0.39, 0.29) is 11.8 Å². The third-order valence-electron chi connectivity index (χ3n) is 5.80. The molecule has 0 aliphatic heterocycles. The summed E-state index contributed by atoms with van der Waals surface area (Å²) in [5, 5.41) is 12.2. The fraction of sp³-hybridized carbons (Fsp3) is 0.214. The fourth-order valence-electron chi connectivity index (χ4n) is 3.98. The van der Waals surface area contributed by atoms with Gasteiger partial charge in [-0.2, -0.15) is 0 Å². The molecule has 0 spiro atoms. The summed E-state index contributed by atoms with van der Waals surface area (Å²) in [5.74, 6) is 0.111. The number of likely N-dealkylation sites (N-methyl/N-ethyl adjacent to an activating group) is 1. The van der Waals surface area contributed by atoms with E-state index in [1.807, 2.05) is 81.7 Å². The van der Waals surface area contributed by atoms with Gasteiger partial charge in [0.1, 0.15) is 0 Å². The van der Waals surface area contributed by atoms with Crippen LogP contribution in [0.1, 0.15) is 24.5 Å². The van der Waals surface area contributed by atoms with Crippen LogP contribution >= 0.6 is 11.6 Å². The minimum absolute atomic E-state index is 0.0323. The lowest BCUT2D eigenvalue weighted by Gasteiger charge is -2.24. The van der Waals surface area contributed by atoms with Crippen LogP contribution in [-0.4, -0.2) is 53.8 Å². The normalized spacial score (nSPS) is 11.9. The number of nitrogens with one attached hydrogen (secondary N) is 1. The highest BCUT2D eigenvalue weighted by molar-refractivity contribution is 6.31. The summed E-state index contributed by atoms with van der Waals surface area (Å²) in [5.41, 5.74) is 4.41. The molecule has 7 heteroatoms. The molecule has 0 bridgehead atoms. The van der Waals surface area contributed by atoms with Crippen molar-refractivity contribution in [1.82, 2.24) is 9.88 Å². The maximum atomic E-state index is 12.6. The first-order chi connectivity index (χ1) is 16.9. The second-order valence-corrected chi connectivity index (χ2v) is 9.02. The van der Waals surface area contributed by atoms with E-state index in [1.165, 1.54) is 0 Å². The number of aromatic hydroxyl groups is 1. The van der Waals surface area contributed by atoms with Gasteiger partial charge < -0.3 is 19.9 Å². The molecule has 0 saturated carbocycles. The second-order valence-electron chi connectivity index (χ2n) is 8.58. The molecule has 0 atom stereocenters. The number of halogens is 1. The Morgan fingerprint density at radius 1 is 1.00 bits per heavy atom. The number of anilines is 1. The molecule has 0 saturated heterocycles. The number of rotatable bonds is 8. The molecule has 0 fully saturated rings. The van der Waals surface area contributed by atoms with Crippen molar-refractivity contribution in [3.8, 4) is 5.88 Å². The molecule has 0 aliphatic rings. The smallest absolute Gasteiger partial charge is 0.226 e. The van der Waals surface area contributed by atoms with Crippen LogP contribution < -0.4 is 4.90 Å². The van der Waals surface area contributed by atoms with E-state index in [4.69, 9.17) is 16.6 Å². The Hall–Kier alpha value is -3.61. The predicted molar refractivity (Wildman–Crippen MR) is 144 cm³/mol. The molecule has 1 amide bonds. The summed E-state index contributed by atoms with van der Waals surface area (Å²) < 4.78 is 0. The average Bonchev–Trinajstić information content (AvgIpc) is 3.18. The van der Waals surface area contributed by atoms with Crippen LogP contribution in [0.15, 0.2) is 77.8 Å². The van der Waals surface area contributed by atoms with Crippen molar-refractivity contribution in [2.24, 2.45) is 4.99 Å². The Morgan fingerprint density at radius 3 is 2.37 bits per heavy atom. The van der Waals surface area contributed by atoms with Gasteiger partial charge in [-0.1, -0.05) is 54.9 Å². The molecule has 0 aliphatic carbocycles. The number of hydrogen-bond acceptors (Lipinski definition) is 4. The van der Waals surface area contributed by atoms with Crippen molar-refractivity contribution < 1.29 is 9.90 Å². The van der Waals surface area contributed by atoms with E-state index in [9.17, 15) is 9.90 Å². The fourth-order valence-corrected chi connectivity index (χ4v) is 4.15. The van der Waals surface area contributed by atoms with E-state index < -0.39 is 0 Å². The zero-order chi connectivity index (χ0) is 24.9. The lowest BCUT2D eigenvalue weighted by atomic mass is 10.0. The van der Waals surface area contributed by atoms with Crippen molar-refractivity contribution in [3.05, 3.63) is 88.9 Å². The number of nitrogens with zero attached hydrogens (tertiary/aromatic N) is 3. The highest BCUT2D eigenvalue weighted by atomic mass is 35.5. The number of carbonyl (C=O) groups excluding carboxylic acids is 1. The number of aromatic amines is 1. The van der Waals surface area contributed by atoms with Crippen LogP contribution in [0.25, 0.3) is 10.9 Å². The third kappa shape index (κ3) is 5.56. The molecule has 0 unspecified atom stereocenters. The summed E-state index contributed by atoms with van der Waals surface area (Å²) >= 11 is 6.16. The molecule has 1 aromatic heterocycles. The minimum Gasteiger partial charge on any atom is -0.494 e. The third-order valence-corrected chi connectivity index (χ3v) is 6.04. The maximum absolute atomic E-state index is 12.6. The standard InChI is InChI=1S/C28H29ClN4O2/c1-4-25(34)33(17-16-32(2)3)22-13-11-21(12-14-22)30-27(19-8-6-5-7-9-19)26-23-15-10-20(29)18-24(23)31-28(26)35/h5-15,18,31,35H,4,16-17H2,1-3H3. The van der Waals surface area contributed by atoms with E-state index in [0.717, 1.165) is 28.7 Å². The zero-order valence-corrected chi connectivity index (χ0v) is 20.9. The van der Waals surface area contributed by atoms with Crippen LogP contribution in [0.4, 0.5) is 11.4 Å². The van der Waals surface area contributed by atoms with Crippen LogP contribution in [-0.2, 0) is 4.79 Å². The Kier molecular flexibility index (Phi) is 7.54. The SMILES string of the molecule is CCC(=O)N(CCN(C)C)c1ccc(N=C(c2ccccc2)c2c(O)[nH]c3cc(Cl)ccc23)cc1. The van der Waals surface area contributed by atoms with Gasteiger partial charge in [0.25, 0.3) is 0 Å². The molecule has 35 heavy (non-hydrogen) atoms. The maximum Gasteiger partial charge on any atom is 0.226 e. The van der Waals surface area contributed by atoms with E-state index in [2.05, 4.69) is 9.88 Å². The predicted octanol–water partition coefficient (Wildman–Crippen LogP) is 6.00. The molecule has 3 aromatic carbocycles. The highest BCUT2D eigenvalue weighted by Crippen LogP contribution is 2.33. The first kappa shape index (κ1) is 24.5. The Morgan fingerprint density at radius 2 is 1.71 bits per heavy atom. The molecule has 1 heterocycles. The van der Waals surface area contributed by atoms with Crippen molar-refractivity contribution in [1.29, 1.82) is 0 Å². The van der Waals surface area contributed by atoms with Gasteiger partial charge >= 0.3 is 0 Å². The lowest BCUT2D eigenvalue weighted by molar-refractivity contribution is -0.118. The topological polar surface area (TPSA) is 71.9 Å². The number of H-pyrrole nitrogens is 1.